The zero-order valence-corrected chi connectivity index (χ0v) is 17.6. The van der Waals surface area contributed by atoms with Crippen LogP contribution in [0.3, 0.4) is 0 Å². The Morgan fingerprint density at radius 1 is 1.10 bits per heavy atom. The van der Waals surface area contributed by atoms with Gasteiger partial charge in [0.2, 0.25) is 5.95 Å². The van der Waals surface area contributed by atoms with Gasteiger partial charge in [0.1, 0.15) is 5.82 Å². The molecule has 0 radical (unpaired) electrons. The van der Waals surface area contributed by atoms with Gasteiger partial charge in [-0.1, -0.05) is 13.3 Å². The van der Waals surface area contributed by atoms with Crippen LogP contribution in [0.25, 0.3) is 16.9 Å². The first-order valence-electron chi connectivity index (χ1n) is 10.8. The molecule has 4 rings (SSSR count). The number of amides is 1. The van der Waals surface area contributed by atoms with Crippen LogP contribution in [-0.2, 0) is 0 Å². The molecule has 3 heterocycles. The molecule has 0 atom stereocenters. The predicted molar refractivity (Wildman–Crippen MR) is 118 cm³/mol. The van der Waals surface area contributed by atoms with E-state index in [1.54, 1.807) is 23.1 Å². The molecule has 0 unspecified atom stereocenters. The number of aromatic nitrogens is 5. The summed E-state index contributed by atoms with van der Waals surface area (Å²) in [7, 11) is 0. The average molecular weight is 425 g/mol. The highest BCUT2D eigenvalue weighted by Crippen LogP contribution is 2.23. The molecule has 10 nitrogen and oxygen atoms in total. The van der Waals surface area contributed by atoms with E-state index >= 15 is 0 Å². The van der Waals surface area contributed by atoms with Gasteiger partial charge in [-0.2, -0.15) is 0 Å². The molecule has 1 fully saturated rings. The standard InChI is InChI=1S/C21H28N8O2/c1-2-3-10-22-20-24-11-14(12-25-20)17-13-23-19-9-8-18(28-29(17)19)26-15-4-6-16(7-5-15)27-21(30)31/h8-9,11-13,15-16,27H,2-7,10H2,1H3,(H,26,28)(H,30,31)(H,22,24,25). The van der Waals surface area contributed by atoms with Crippen molar-refractivity contribution in [3.63, 3.8) is 0 Å². The van der Waals surface area contributed by atoms with Crippen LogP contribution in [0.1, 0.15) is 45.4 Å². The maximum Gasteiger partial charge on any atom is 0.404 e. The summed E-state index contributed by atoms with van der Waals surface area (Å²) in [6.07, 6.45) is 10.0. The molecule has 1 aliphatic carbocycles. The second kappa shape index (κ2) is 9.59. The fourth-order valence-corrected chi connectivity index (χ4v) is 3.84. The van der Waals surface area contributed by atoms with Gasteiger partial charge in [-0.25, -0.2) is 24.3 Å². The van der Waals surface area contributed by atoms with E-state index in [0.717, 1.165) is 67.8 Å². The van der Waals surface area contributed by atoms with Crippen LogP contribution < -0.4 is 16.0 Å². The van der Waals surface area contributed by atoms with Gasteiger partial charge >= 0.3 is 6.09 Å². The van der Waals surface area contributed by atoms with Crippen LogP contribution in [0.15, 0.2) is 30.7 Å². The van der Waals surface area contributed by atoms with E-state index in [1.807, 2.05) is 12.1 Å². The SMILES string of the molecule is CCCCNc1ncc(-c2cnc3ccc(NC4CCC(NC(=O)O)CC4)nn23)cn1. The zero-order chi connectivity index (χ0) is 21.6. The van der Waals surface area contributed by atoms with Crippen LogP contribution >= 0.6 is 0 Å². The molecule has 1 aliphatic rings. The smallest absolute Gasteiger partial charge is 0.404 e. The largest absolute Gasteiger partial charge is 0.465 e. The van der Waals surface area contributed by atoms with Crippen molar-refractivity contribution in [2.45, 2.75) is 57.5 Å². The van der Waals surface area contributed by atoms with Gasteiger partial charge in [-0.05, 0) is 44.2 Å². The molecule has 0 aliphatic heterocycles. The van der Waals surface area contributed by atoms with Gasteiger partial charge in [0.25, 0.3) is 0 Å². The minimum atomic E-state index is -0.954. The molecule has 1 saturated carbocycles. The van der Waals surface area contributed by atoms with E-state index in [1.165, 1.54) is 0 Å². The fraction of sp³-hybridized carbons (Fsp3) is 0.476. The molecule has 4 N–H and O–H groups in total. The molecule has 164 valence electrons. The van der Waals surface area contributed by atoms with Crippen LogP contribution in [0, 0.1) is 0 Å². The van der Waals surface area contributed by atoms with Gasteiger partial charge < -0.3 is 21.1 Å². The molecule has 1 amide bonds. The lowest BCUT2D eigenvalue weighted by atomic mass is 9.91. The Morgan fingerprint density at radius 3 is 2.55 bits per heavy atom. The first-order chi connectivity index (χ1) is 15.1. The van der Waals surface area contributed by atoms with Crippen molar-refractivity contribution in [2.75, 3.05) is 17.2 Å². The number of carboxylic acid groups (broad SMARTS) is 1. The van der Waals surface area contributed by atoms with Crippen molar-refractivity contribution in [1.82, 2.24) is 29.9 Å². The third kappa shape index (κ3) is 5.19. The van der Waals surface area contributed by atoms with Crippen molar-refractivity contribution in [1.29, 1.82) is 0 Å². The van der Waals surface area contributed by atoms with E-state index in [0.29, 0.717) is 5.95 Å². The van der Waals surface area contributed by atoms with Crippen LogP contribution in [0.2, 0.25) is 0 Å². The normalized spacial score (nSPS) is 18.6. The van der Waals surface area contributed by atoms with Crippen molar-refractivity contribution in [3.05, 3.63) is 30.7 Å². The van der Waals surface area contributed by atoms with E-state index in [2.05, 4.69) is 37.8 Å². The Labute approximate surface area is 180 Å². The summed E-state index contributed by atoms with van der Waals surface area (Å²) in [6, 6.07) is 4.15. The molecule has 10 heteroatoms. The van der Waals surface area contributed by atoms with Crippen molar-refractivity contribution in [2.24, 2.45) is 0 Å². The first-order valence-corrected chi connectivity index (χ1v) is 10.8. The third-order valence-corrected chi connectivity index (χ3v) is 5.53. The number of fused-ring (bicyclic) bond motifs is 1. The van der Waals surface area contributed by atoms with Crippen molar-refractivity contribution >= 4 is 23.5 Å². The number of hydrogen-bond donors (Lipinski definition) is 4. The third-order valence-electron chi connectivity index (χ3n) is 5.53. The average Bonchev–Trinajstić information content (AvgIpc) is 3.19. The number of unbranched alkanes of at least 4 members (excludes halogenated alkanes) is 1. The Morgan fingerprint density at radius 2 is 1.84 bits per heavy atom. The molecule has 0 spiro atoms. The molecular formula is C21H28N8O2. The minimum absolute atomic E-state index is 0.0330. The topological polar surface area (TPSA) is 129 Å². The van der Waals surface area contributed by atoms with Crippen LogP contribution in [0.4, 0.5) is 16.6 Å². The van der Waals surface area contributed by atoms with E-state index in [9.17, 15) is 4.79 Å². The highest BCUT2D eigenvalue weighted by molar-refractivity contribution is 5.65. The summed E-state index contributed by atoms with van der Waals surface area (Å²) in [5.41, 5.74) is 2.42. The number of carbonyl (C=O) groups is 1. The second-order valence-corrected chi connectivity index (χ2v) is 7.85. The maximum atomic E-state index is 10.8. The number of nitrogens with zero attached hydrogens (tertiary/aromatic N) is 5. The first kappa shape index (κ1) is 20.8. The fourth-order valence-electron chi connectivity index (χ4n) is 3.84. The number of nitrogens with one attached hydrogen (secondary N) is 3. The van der Waals surface area contributed by atoms with E-state index in [-0.39, 0.29) is 12.1 Å². The van der Waals surface area contributed by atoms with E-state index < -0.39 is 6.09 Å². The van der Waals surface area contributed by atoms with E-state index in [4.69, 9.17) is 10.2 Å². The highest BCUT2D eigenvalue weighted by atomic mass is 16.4. The molecular weight excluding hydrogens is 396 g/mol. The van der Waals surface area contributed by atoms with Gasteiger partial charge in [-0.3, -0.25) is 0 Å². The maximum absolute atomic E-state index is 10.8. The summed E-state index contributed by atoms with van der Waals surface area (Å²) in [6.45, 7) is 3.00. The van der Waals surface area contributed by atoms with Gasteiger partial charge in [0.15, 0.2) is 5.65 Å². The van der Waals surface area contributed by atoms with Gasteiger partial charge in [0, 0.05) is 36.6 Å². The lowest BCUT2D eigenvalue weighted by Gasteiger charge is -2.29. The Kier molecular flexibility index (Phi) is 6.44. The summed E-state index contributed by atoms with van der Waals surface area (Å²) >= 11 is 0. The molecule has 0 bridgehead atoms. The van der Waals surface area contributed by atoms with Crippen molar-refractivity contribution in [3.8, 4) is 11.3 Å². The zero-order valence-electron chi connectivity index (χ0n) is 17.6. The molecule has 3 aromatic heterocycles. The summed E-state index contributed by atoms with van der Waals surface area (Å²) < 4.78 is 1.79. The Hall–Kier alpha value is -3.43. The molecule has 0 saturated heterocycles. The molecule has 3 aromatic rings. The molecule has 0 aromatic carbocycles. The Bertz CT molecular complexity index is 1010. The van der Waals surface area contributed by atoms with Gasteiger partial charge in [-0.15, -0.1) is 5.10 Å². The summed E-state index contributed by atoms with van der Waals surface area (Å²) in [4.78, 5) is 24.1. The monoisotopic (exact) mass is 424 g/mol. The molecule has 31 heavy (non-hydrogen) atoms. The number of hydrogen-bond acceptors (Lipinski definition) is 7. The van der Waals surface area contributed by atoms with Crippen LogP contribution in [-0.4, -0.2) is 54.4 Å². The summed E-state index contributed by atoms with van der Waals surface area (Å²) in [5, 5.41) is 22.9. The second-order valence-electron chi connectivity index (χ2n) is 7.85. The number of rotatable bonds is 8. The minimum Gasteiger partial charge on any atom is -0.465 e. The van der Waals surface area contributed by atoms with Crippen molar-refractivity contribution < 1.29 is 9.90 Å². The summed E-state index contributed by atoms with van der Waals surface area (Å²) in [5.74, 6) is 1.38. The van der Waals surface area contributed by atoms with Gasteiger partial charge in [0.05, 0.1) is 11.9 Å². The number of imidazole rings is 1. The van der Waals surface area contributed by atoms with Crippen LogP contribution in [0.5, 0.6) is 0 Å². The quantitative estimate of drug-likeness (QED) is 0.405. The number of anilines is 2. The highest BCUT2D eigenvalue weighted by Gasteiger charge is 2.22. The Balaban J connectivity index is 1.44. The lowest BCUT2D eigenvalue weighted by Crippen LogP contribution is -2.39. The lowest BCUT2D eigenvalue weighted by molar-refractivity contribution is 0.185. The predicted octanol–water partition coefficient (Wildman–Crippen LogP) is 3.39.